The first-order valence-electron chi connectivity index (χ1n) is 3.61. The highest BCUT2D eigenvalue weighted by Crippen LogP contribution is 2.41. The Labute approximate surface area is 80.9 Å². The highest BCUT2D eigenvalue weighted by atomic mass is 35.5. The van der Waals surface area contributed by atoms with E-state index in [-0.39, 0.29) is 0 Å². The fraction of sp³-hybridized carbons (Fsp3) is 0. The number of rotatable bonds is 1. The van der Waals surface area contributed by atoms with Crippen molar-refractivity contribution in [3.8, 4) is 0 Å². The summed E-state index contributed by atoms with van der Waals surface area (Å²) in [6.07, 6.45) is 1.32. The van der Waals surface area contributed by atoms with Crippen LogP contribution in [0.5, 0.6) is 0 Å². The molecular weight excluding hydrogens is 211 g/mol. The van der Waals surface area contributed by atoms with Gasteiger partial charge in [0.1, 0.15) is 6.26 Å². The summed E-state index contributed by atoms with van der Waals surface area (Å²) >= 11 is 5.88. The van der Waals surface area contributed by atoms with Crippen molar-refractivity contribution >= 4 is 25.6 Å². The molecule has 5 heteroatoms. The molecule has 0 aromatic heterocycles. The predicted octanol–water partition coefficient (Wildman–Crippen LogP) is 3.07. The van der Waals surface area contributed by atoms with Crippen LogP contribution in [-0.2, 0) is 13.6 Å². The minimum Gasteiger partial charge on any atom is -0.422 e. The third kappa shape index (κ3) is 1.71. The van der Waals surface area contributed by atoms with Crippen LogP contribution in [0.4, 0.5) is 0 Å². The number of hydrogen-bond acceptors (Lipinski definition) is 3. The molecule has 1 unspecified atom stereocenters. The molecule has 0 fully saturated rings. The summed E-state index contributed by atoms with van der Waals surface area (Å²) in [6.45, 7) is 0. The van der Waals surface area contributed by atoms with Crippen molar-refractivity contribution in [2.45, 2.75) is 0 Å². The van der Waals surface area contributed by atoms with Crippen molar-refractivity contribution in [3.63, 3.8) is 0 Å². The van der Waals surface area contributed by atoms with Crippen molar-refractivity contribution in [1.29, 1.82) is 0 Å². The van der Waals surface area contributed by atoms with Gasteiger partial charge in [-0.1, -0.05) is 23.7 Å². The Morgan fingerprint density at radius 2 is 2.08 bits per heavy atom. The van der Waals surface area contributed by atoms with Gasteiger partial charge in [-0.15, -0.1) is 0 Å². The van der Waals surface area contributed by atoms with Gasteiger partial charge in [-0.3, -0.25) is 0 Å². The van der Waals surface area contributed by atoms with E-state index in [1.54, 1.807) is 12.1 Å². The van der Waals surface area contributed by atoms with Gasteiger partial charge in [0.15, 0.2) is 5.76 Å². The lowest BCUT2D eigenvalue weighted by Crippen LogP contribution is -1.82. The Hall–Kier alpha value is -0.920. The summed E-state index contributed by atoms with van der Waals surface area (Å²) in [5.74, 6) is 0.425. The fourth-order valence-electron chi connectivity index (χ4n) is 1.02. The van der Waals surface area contributed by atoms with E-state index in [0.717, 1.165) is 0 Å². The van der Waals surface area contributed by atoms with Gasteiger partial charge in [-0.2, -0.15) is 0 Å². The molecule has 0 saturated carbocycles. The maximum atomic E-state index is 10.8. The maximum absolute atomic E-state index is 10.8. The minimum absolute atomic E-state index is 0.425. The van der Waals surface area contributed by atoms with Gasteiger partial charge in [0.25, 0.3) is 0 Å². The lowest BCUT2D eigenvalue weighted by Gasteiger charge is -2.01. The third-order valence-electron chi connectivity index (χ3n) is 1.59. The van der Waals surface area contributed by atoms with Gasteiger partial charge < -0.3 is 9.05 Å². The summed E-state index contributed by atoms with van der Waals surface area (Å²) in [5.41, 5.74) is 0.694. The van der Waals surface area contributed by atoms with Crippen LogP contribution in [-0.4, -0.2) is 0 Å². The van der Waals surface area contributed by atoms with Crippen LogP contribution in [0.2, 0.25) is 5.02 Å². The van der Waals surface area contributed by atoms with E-state index < -0.39 is 8.25 Å². The first-order chi connectivity index (χ1) is 6.27. The van der Waals surface area contributed by atoms with Gasteiger partial charge in [0, 0.05) is 5.56 Å². The summed E-state index contributed by atoms with van der Waals surface area (Å²) in [4.78, 5) is 0. The Morgan fingerprint density at radius 1 is 1.31 bits per heavy atom. The predicted molar refractivity (Wildman–Crippen MR) is 50.6 cm³/mol. The summed E-state index contributed by atoms with van der Waals surface area (Å²) in [7, 11) is -2.37. The fourth-order valence-corrected chi connectivity index (χ4v) is 1.84. The van der Waals surface area contributed by atoms with Crippen LogP contribution in [0.15, 0.2) is 30.5 Å². The smallest absolute Gasteiger partial charge is 0.418 e. The summed E-state index contributed by atoms with van der Waals surface area (Å²) < 4.78 is 20.4. The van der Waals surface area contributed by atoms with Crippen molar-refractivity contribution in [3.05, 3.63) is 41.1 Å². The van der Waals surface area contributed by atoms with Crippen LogP contribution in [0, 0.1) is 0 Å². The number of hydrogen-bond donors (Lipinski definition) is 0. The first-order valence-corrected chi connectivity index (χ1v) is 5.21. The van der Waals surface area contributed by atoms with Crippen LogP contribution in [0.25, 0.3) is 5.76 Å². The van der Waals surface area contributed by atoms with E-state index in [1.807, 2.05) is 12.1 Å². The molecule has 0 N–H and O–H groups in total. The standard InChI is InChI=1S/C8H6ClO3P/c9-7-4-2-1-3-6(7)8-5-11-13(10)12-8/h1-5,13H. The second-order valence-corrected chi connectivity index (χ2v) is 3.78. The monoisotopic (exact) mass is 216 g/mol. The van der Waals surface area contributed by atoms with E-state index in [0.29, 0.717) is 16.3 Å². The average Bonchev–Trinajstić information content (AvgIpc) is 2.53. The average molecular weight is 217 g/mol. The van der Waals surface area contributed by atoms with E-state index in [4.69, 9.17) is 16.1 Å². The molecule has 0 bridgehead atoms. The summed E-state index contributed by atoms with van der Waals surface area (Å²) in [5, 5.41) is 0.550. The van der Waals surface area contributed by atoms with Gasteiger partial charge in [0.2, 0.25) is 0 Å². The lowest BCUT2D eigenvalue weighted by molar-refractivity contribution is 0.410. The molecular formula is C8H6ClO3P. The van der Waals surface area contributed by atoms with E-state index in [9.17, 15) is 4.57 Å². The van der Waals surface area contributed by atoms with E-state index >= 15 is 0 Å². The van der Waals surface area contributed by atoms with Crippen LogP contribution in [0.3, 0.4) is 0 Å². The lowest BCUT2D eigenvalue weighted by atomic mass is 10.2. The molecule has 1 heterocycles. The maximum Gasteiger partial charge on any atom is 0.418 e. The molecule has 0 saturated heterocycles. The van der Waals surface area contributed by atoms with Gasteiger partial charge in [0.05, 0.1) is 5.02 Å². The zero-order valence-electron chi connectivity index (χ0n) is 6.49. The zero-order chi connectivity index (χ0) is 9.26. The van der Waals surface area contributed by atoms with Crippen molar-refractivity contribution in [2.24, 2.45) is 0 Å². The van der Waals surface area contributed by atoms with Crippen LogP contribution >= 0.6 is 19.9 Å². The largest absolute Gasteiger partial charge is 0.422 e. The molecule has 68 valence electrons. The molecule has 13 heavy (non-hydrogen) atoms. The number of halogens is 1. The quantitative estimate of drug-likeness (QED) is 0.677. The molecule has 1 atom stereocenters. The molecule has 1 aromatic rings. The van der Waals surface area contributed by atoms with E-state index in [2.05, 4.69) is 4.52 Å². The molecule has 0 aliphatic carbocycles. The first kappa shape index (κ1) is 8.67. The topological polar surface area (TPSA) is 35.5 Å². The molecule has 1 aliphatic heterocycles. The Kier molecular flexibility index (Phi) is 2.30. The summed E-state index contributed by atoms with van der Waals surface area (Å²) in [6, 6.07) is 7.14. The molecule has 1 aromatic carbocycles. The van der Waals surface area contributed by atoms with Gasteiger partial charge in [-0.05, 0) is 12.1 Å². The molecule has 0 radical (unpaired) electrons. The highest BCUT2D eigenvalue weighted by Gasteiger charge is 2.17. The Morgan fingerprint density at radius 3 is 2.69 bits per heavy atom. The molecule has 2 rings (SSSR count). The minimum atomic E-state index is -2.37. The van der Waals surface area contributed by atoms with E-state index in [1.165, 1.54) is 6.26 Å². The van der Waals surface area contributed by atoms with Crippen LogP contribution < -0.4 is 0 Å². The van der Waals surface area contributed by atoms with Crippen LogP contribution in [0.1, 0.15) is 5.56 Å². The zero-order valence-corrected chi connectivity index (χ0v) is 8.25. The molecule has 0 amide bonds. The second-order valence-electron chi connectivity index (χ2n) is 2.43. The second kappa shape index (κ2) is 3.44. The Bertz CT molecular complexity index is 389. The molecule has 3 nitrogen and oxygen atoms in total. The normalized spacial score (nSPS) is 20.4. The van der Waals surface area contributed by atoms with Gasteiger partial charge in [-0.25, -0.2) is 4.57 Å². The SMILES string of the molecule is O=[PH]1OC=C(c2ccccc2Cl)O1. The van der Waals surface area contributed by atoms with Crippen molar-refractivity contribution < 1.29 is 13.6 Å². The van der Waals surface area contributed by atoms with Gasteiger partial charge >= 0.3 is 8.25 Å². The number of benzene rings is 1. The molecule has 0 spiro atoms. The molecule has 1 aliphatic rings. The third-order valence-corrected chi connectivity index (χ3v) is 2.62. The van der Waals surface area contributed by atoms with Crippen molar-refractivity contribution in [1.82, 2.24) is 0 Å². The Balaban J connectivity index is 2.37. The highest BCUT2D eigenvalue weighted by molar-refractivity contribution is 7.34. The van der Waals surface area contributed by atoms with Crippen molar-refractivity contribution in [2.75, 3.05) is 0 Å².